The second-order valence-electron chi connectivity index (χ2n) is 7.17. The molecule has 1 amide bonds. The predicted octanol–water partition coefficient (Wildman–Crippen LogP) is 3.54. The molecule has 1 aliphatic heterocycles. The summed E-state index contributed by atoms with van der Waals surface area (Å²) in [4.78, 5) is 18.8. The number of hydrogen-bond acceptors (Lipinski definition) is 7. The van der Waals surface area contributed by atoms with Gasteiger partial charge in [0.15, 0.2) is 0 Å². The zero-order chi connectivity index (χ0) is 20.2. The first-order valence-electron chi connectivity index (χ1n) is 9.88. The second kappa shape index (κ2) is 9.32. The summed E-state index contributed by atoms with van der Waals surface area (Å²) in [5.41, 5.74) is 4.68. The number of amides is 1. The number of benzene rings is 1. The van der Waals surface area contributed by atoms with E-state index in [0.29, 0.717) is 19.6 Å². The number of aryl methyl sites for hydroxylation is 1. The maximum absolute atomic E-state index is 12.6. The number of carbonyl (C=O) groups is 1. The molecule has 0 spiro atoms. The molecule has 0 saturated heterocycles. The summed E-state index contributed by atoms with van der Waals surface area (Å²) in [5, 5.41) is 11.7. The molecular weight excluding hydrogens is 404 g/mol. The molecule has 1 aliphatic rings. The lowest BCUT2D eigenvalue weighted by Gasteiger charge is -2.13. The number of anilines is 1. The zero-order valence-electron chi connectivity index (χ0n) is 16.8. The minimum atomic E-state index is 0.0275. The van der Waals surface area contributed by atoms with E-state index in [0.717, 1.165) is 47.1 Å². The number of thiazole rings is 1. The number of fused-ring (bicyclic) bond motifs is 2. The highest BCUT2D eigenvalue weighted by Crippen LogP contribution is 2.44. The van der Waals surface area contributed by atoms with Gasteiger partial charge in [-0.3, -0.25) is 4.79 Å². The summed E-state index contributed by atoms with van der Waals surface area (Å²) in [7, 11) is 1.67. The van der Waals surface area contributed by atoms with Gasteiger partial charge in [0.25, 0.3) is 0 Å². The molecule has 0 atom stereocenters. The fourth-order valence-corrected chi connectivity index (χ4v) is 5.81. The fourth-order valence-electron chi connectivity index (χ4n) is 3.48. The van der Waals surface area contributed by atoms with E-state index in [1.54, 1.807) is 29.8 Å². The monoisotopic (exact) mass is 430 g/mol. The smallest absolute Gasteiger partial charge is 0.226 e. The third-order valence-corrected chi connectivity index (χ3v) is 7.15. The number of aromatic nitrogens is 1. The van der Waals surface area contributed by atoms with Gasteiger partial charge in [-0.15, -0.1) is 22.7 Å². The normalized spacial score (nSPS) is 13.6. The molecule has 6 nitrogen and oxygen atoms in total. The van der Waals surface area contributed by atoms with Gasteiger partial charge < -0.3 is 20.7 Å². The highest BCUT2D eigenvalue weighted by molar-refractivity contribution is 7.22. The van der Waals surface area contributed by atoms with Crippen molar-refractivity contribution in [2.24, 2.45) is 0 Å². The molecule has 4 rings (SSSR count). The Morgan fingerprint density at radius 2 is 2.21 bits per heavy atom. The van der Waals surface area contributed by atoms with E-state index >= 15 is 0 Å². The van der Waals surface area contributed by atoms with Gasteiger partial charge in [0.1, 0.15) is 10.0 Å². The molecule has 0 radical (unpaired) electrons. The molecule has 0 fully saturated rings. The Hall–Kier alpha value is -1.84. The number of methoxy groups -OCH3 is 1. The van der Waals surface area contributed by atoms with Crippen LogP contribution >= 0.6 is 22.7 Å². The average molecular weight is 431 g/mol. The molecule has 8 heteroatoms. The van der Waals surface area contributed by atoms with Crippen LogP contribution in [0.5, 0.6) is 0 Å². The Morgan fingerprint density at radius 3 is 3.07 bits per heavy atom. The first-order valence-corrected chi connectivity index (χ1v) is 11.5. The number of hydrogen-bond donors (Lipinski definition) is 3. The lowest BCUT2D eigenvalue weighted by atomic mass is 10.0. The van der Waals surface area contributed by atoms with Crippen molar-refractivity contribution in [1.82, 2.24) is 15.6 Å². The lowest BCUT2D eigenvalue weighted by molar-refractivity contribution is -0.116. The van der Waals surface area contributed by atoms with Gasteiger partial charge in [0, 0.05) is 43.6 Å². The van der Waals surface area contributed by atoms with Crippen LogP contribution in [0.2, 0.25) is 0 Å². The maximum atomic E-state index is 12.6. The average Bonchev–Trinajstić information content (AvgIpc) is 3.27. The van der Waals surface area contributed by atoms with E-state index in [9.17, 15) is 4.79 Å². The standard InChI is InChI=1S/C21H26N4O2S2/c1-13-3-4-16-15(11-13)24-20(28-16)19-14-5-7-23-12-17(14)29-21(19)25-18(26)6-8-22-9-10-27-2/h3-4,11,22-23H,5-10,12H2,1-2H3,(H,25,26). The molecule has 3 heterocycles. The van der Waals surface area contributed by atoms with Crippen LogP contribution in [0.4, 0.5) is 5.00 Å². The highest BCUT2D eigenvalue weighted by atomic mass is 32.1. The van der Waals surface area contributed by atoms with Gasteiger partial charge in [0.05, 0.1) is 16.8 Å². The van der Waals surface area contributed by atoms with Gasteiger partial charge in [-0.25, -0.2) is 4.98 Å². The molecule has 1 aromatic carbocycles. The molecule has 3 aromatic rings. The van der Waals surface area contributed by atoms with Crippen molar-refractivity contribution in [3.63, 3.8) is 0 Å². The molecule has 0 unspecified atom stereocenters. The van der Waals surface area contributed by atoms with E-state index in [2.05, 4.69) is 41.1 Å². The Bertz CT molecular complexity index is 1010. The molecule has 0 saturated carbocycles. The largest absolute Gasteiger partial charge is 0.383 e. The van der Waals surface area contributed by atoms with E-state index in [1.165, 1.54) is 20.7 Å². The molecule has 2 aromatic heterocycles. The second-order valence-corrected chi connectivity index (χ2v) is 9.30. The third kappa shape index (κ3) is 4.67. The predicted molar refractivity (Wildman–Crippen MR) is 121 cm³/mol. The van der Waals surface area contributed by atoms with Crippen molar-refractivity contribution in [3.8, 4) is 10.6 Å². The minimum Gasteiger partial charge on any atom is -0.383 e. The number of nitrogens with one attached hydrogen (secondary N) is 3. The van der Waals surface area contributed by atoms with E-state index in [-0.39, 0.29) is 5.91 Å². The maximum Gasteiger partial charge on any atom is 0.226 e. The first kappa shape index (κ1) is 20.4. The van der Waals surface area contributed by atoms with Gasteiger partial charge >= 0.3 is 0 Å². The number of thiophene rings is 1. The SMILES string of the molecule is COCCNCCC(=O)Nc1sc2c(c1-c1nc3cc(C)ccc3s1)CCNC2. The highest BCUT2D eigenvalue weighted by Gasteiger charge is 2.25. The van der Waals surface area contributed by atoms with E-state index in [1.807, 2.05) is 0 Å². The van der Waals surface area contributed by atoms with Crippen molar-refractivity contribution >= 4 is 43.8 Å². The quantitative estimate of drug-likeness (QED) is 0.477. The van der Waals surface area contributed by atoms with E-state index in [4.69, 9.17) is 9.72 Å². The minimum absolute atomic E-state index is 0.0275. The van der Waals surface area contributed by atoms with Crippen molar-refractivity contribution in [1.29, 1.82) is 0 Å². The van der Waals surface area contributed by atoms with Gasteiger partial charge in [-0.05, 0) is 43.1 Å². The number of rotatable bonds is 8. The molecule has 154 valence electrons. The number of ether oxygens (including phenoxy) is 1. The van der Waals surface area contributed by atoms with E-state index < -0.39 is 0 Å². The number of nitrogens with zero attached hydrogens (tertiary/aromatic N) is 1. The summed E-state index contributed by atoms with van der Waals surface area (Å²) in [6, 6.07) is 6.38. The van der Waals surface area contributed by atoms with Crippen LogP contribution in [0, 0.1) is 6.92 Å². The van der Waals surface area contributed by atoms with Crippen LogP contribution < -0.4 is 16.0 Å². The summed E-state index contributed by atoms with van der Waals surface area (Å²) < 4.78 is 6.19. The van der Waals surface area contributed by atoms with Gasteiger partial charge in [-0.1, -0.05) is 6.07 Å². The van der Waals surface area contributed by atoms with Crippen molar-refractivity contribution in [3.05, 3.63) is 34.2 Å². The van der Waals surface area contributed by atoms with Crippen molar-refractivity contribution in [2.45, 2.75) is 26.3 Å². The third-order valence-electron chi connectivity index (χ3n) is 4.95. The molecule has 3 N–H and O–H groups in total. The van der Waals surface area contributed by atoms with Crippen molar-refractivity contribution in [2.75, 3.05) is 38.7 Å². The summed E-state index contributed by atoms with van der Waals surface area (Å²) in [6.07, 6.45) is 1.40. The molecule has 0 aliphatic carbocycles. The molecule has 0 bridgehead atoms. The fraction of sp³-hybridized carbons (Fsp3) is 0.429. The summed E-state index contributed by atoms with van der Waals surface area (Å²) in [5.74, 6) is 0.0275. The van der Waals surface area contributed by atoms with Crippen LogP contribution in [-0.4, -0.2) is 44.2 Å². The van der Waals surface area contributed by atoms with Crippen LogP contribution in [0.15, 0.2) is 18.2 Å². The Balaban J connectivity index is 1.59. The van der Waals surface area contributed by atoms with Crippen LogP contribution in [0.3, 0.4) is 0 Å². The Labute approximate surface area is 178 Å². The zero-order valence-corrected chi connectivity index (χ0v) is 18.4. The van der Waals surface area contributed by atoms with Gasteiger partial charge in [-0.2, -0.15) is 0 Å². The Kier molecular flexibility index (Phi) is 6.56. The summed E-state index contributed by atoms with van der Waals surface area (Å²) >= 11 is 3.38. The first-order chi connectivity index (χ1) is 14.2. The summed E-state index contributed by atoms with van der Waals surface area (Å²) in [6.45, 7) is 5.93. The van der Waals surface area contributed by atoms with Gasteiger partial charge in [0.2, 0.25) is 5.91 Å². The van der Waals surface area contributed by atoms with Crippen LogP contribution in [0.1, 0.15) is 22.4 Å². The Morgan fingerprint density at radius 1 is 1.31 bits per heavy atom. The molecular formula is C21H26N4O2S2. The van der Waals surface area contributed by atoms with Crippen molar-refractivity contribution < 1.29 is 9.53 Å². The number of carbonyl (C=O) groups excluding carboxylic acids is 1. The lowest BCUT2D eigenvalue weighted by Crippen LogP contribution is -2.24. The van der Waals surface area contributed by atoms with Crippen LogP contribution in [-0.2, 0) is 22.5 Å². The topological polar surface area (TPSA) is 75.3 Å². The van der Waals surface area contributed by atoms with Crippen LogP contribution in [0.25, 0.3) is 20.8 Å². The molecule has 29 heavy (non-hydrogen) atoms.